The summed E-state index contributed by atoms with van der Waals surface area (Å²) in [5, 5.41) is 5.55. The number of benzene rings is 2. The van der Waals surface area contributed by atoms with Gasteiger partial charge >= 0.3 is 6.18 Å². The third-order valence-electron chi connectivity index (χ3n) is 4.83. The zero-order valence-electron chi connectivity index (χ0n) is 16.0. The lowest BCUT2D eigenvalue weighted by Crippen LogP contribution is -2.34. The molecule has 0 fully saturated rings. The average molecular weight is 448 g/mol. The highest BCUT2D eigenvalue weighted by Gasteiger charge is 2.33. The monoisotopic (exact) mass is 447 g/mol. The predicted molar refractivity (Wildman–Crippen MR) is 111 cm³/mol. The van der Waals surface area contributed by atoms with Gasteiger partial charge in [-0.3, -0.25) is 4.79 Å². The van der Waals surface area contributed by atoms with Crippen LogP contribution in [0.2, 0.25) is 5.02 Å². The normalized spacial score (nSPS) is 13.0. The molecule has 1 aliphatic rings. The summed E-state index contributed by atoms with van der Waals surface area (Å²) in [6.45, 7) is 0.454. The Morgan fingerprint density at radius 1 is 1.03 bits per heavy atom. The van der Waals surface area contributed by atoms with Crippen molar-refractivity contribution in [1.82, 2.24) is 10.3 Å². The number of halogens is 4. The van der Waals surface area contributed by atoms with E-state index in [9.17, 15) is 18.0 Å². The van der Waals surface area contributed by atoms with Crippen molar-refractivity contribution < 1.29 is 22.7 Å². The van der Waals surface area contributed by atoms with Crippen molar-refractivity contribution in [2.45, 2.75) is 12.1 Å². The molecular formula is C22H17ClF3N3O2. The third-order valence-corrected chi connectivity index (χ3v) is 5.12. The molecule has 0 saturated heterocycles. The van der Waals surface area contributed by atoms with Crippen LogP contribution in [0, 0.1) is 0 Å². The molecule has 2 heterocycles. The second-order valence-electron chi connectivity index (χ2n) is 6.88. The van der Waals surface area contributed by atoms with Crippen molar-refractivity contribution in [2.24, 2.45) is 0 Å². The number of anilines is 1. The molecule has 1 aromatic heterocycles. The molecule has 2 aromatic carbocycles. The summed E-state index contributed by atoms with van der Waals surface area (Å²) in [5.41, 5.74) is 0.603. The topological polar surface area (TPSA) is 63.2 Å². The van der Waals surface area contributed by atoms with Crippen LogP contribution in [0.1, 0.15) is 22.6 Å². The molecule has 9 heteroatoms. The van der Waals surface area contributed by atoms with Crippen LogP contribution in [0.3, 0.4) is 0 Å². The first-order valence-electron chi connectivity index (χ1n) is 9.44. The quantitative estimate of drug-likeness (QED) is 0.526. The number of fused-ring (bicyclic) bond motifs is 2. The van der Waals surface area contributed by atoms with E-state index in [-0.39, 0.29) is 29.8 Å². The number of aromatic nitrogens is 1. The minimum absolute atomic E-state index is 0.116. The number of carbonyl (C=O) groups excluding carboxylic acids is 1. The Balaban J connectivity index is 1.41. The fourth-order valence-corrected chi connectivity index (χ4v) is 3.62. The van der Waals surface area contributed by atoms with Gasteiger partial charge in [-0.25, -0.2) is 4.98 Å². The molecule has 0 unspecified atom stereocenters. The van der Waals surface area contributed by atoms with Crippen LogP contribution in [0.25, 0.3) is 0 Å². The number of hydrogen-bond acceptors (Lipinski definition) is 4. The molecule has 0 saturated carbocycles. The Morgan fingerprint density at radius 2 is 1.65 bits per heavy atom. The number of nitrogens with one attached hydrogen (secondary N) is 2. The lowest BCUT2D eigenvalue weighted by atomic mass is 9.87. The molecule has 1 aliphatic heterocycles. The van der Waals surface area contributed by atoms with E-state index in [2.05, 4.69) is 15.6 Å². The smallest absolute Gasteiger partial charge is 0.417 e. The van der Waals surface area contributed by atoms with Gasteiger partial charge in [-0.2, -0.15) is 13.2 Å². The first kappa shape index (κ1) is 21.0. The van der Waals surface area contributed by atoms with Gasteiger partial charge in [-0.15, -0.1) is 0 Å². The van der Waals surface area contributed by atoms with Gasteiger partial charge in [0.05, 0.1) is 16.5 Å². The Bertz CT molecular complexity index is 1080. The summed E-state index contributed by atoms with van der Waals surface area (Å²) in [4.78, 5) is 16.7. The van der Waals surface area contributed by atoms with Crippen molar-refractivity contribution in [3.05, 3.63) is 82.5 Å². The number of nitrogens with zero attached hydrogens (tertiary/aromatic N) is 1. The highest BCUT2D eigenvalue weighted by atomic mass is 35.5. The molecule has 0 spiro atoms. The molecular weight excluding hydrogens is 431 g/mol. The summed E-state index contributed by atoms with van der Waals surface area (Å²) in [7, 11) is 0. The molecule has 0 atom stereocenters. The van der Waals surface area contributed by atoms with E-state index in [0.29, 0.717) is 17.7 Å². The summed E-state index contributed by atoms with van der Waals surface area (Å²) in [5.74, 6) is 0.622. The SMILES string of the molecule is O=C(NCCNc1ncc(C(F)(F)F)cc1Cl)C1c2ccccc2Oc2ccccc21. The maximum atomic E-state index is 13.0. The average Bonchev–Trinajstić information content (AvgIpc) is 2.75. The van der Waals surface area contributed by atoms with Crippen molar-refractivity contribution in [1.29, 1.82) is 0 Å². The number of hydrogen-bond donors (Lipinski definition) is 2. The molecule has 5 nitrogen and oxygen atoms in total. The van der Waals surface area contributed by atoms with Gasteiger partial charge < -0.3 is 15.4 Å². The number of amides is 1. The van der Waals surface area contributed by atoms with Gasteiger partial charge in [-0.1, -0.05) is 48.0 Å². The van der Waals surface area contributed by atoms with Gasteiger partial charge in [0.1, 0.15) is 17.3 Å². The Morgan fingerprint density at radius 3 is 2.23 bits per heavy atom. The summed E-state index contributed by atoms with van der Waals surface area (Å²) in [6, 6.07) is 15.5. The predicted octanol–water partition coefficient (Wildman–Crippen LogP) is 5.22. The maximum absolute atomic E-state index is 13.0. The van der Waals surface area contributed by atoms with E-state index in [1.165, 1.54) is 0 Å². The Labute approximate surface area is 181 Å². The van der Waals surface area contributed by atoms with Crippen molar-refractivity contribution in [3.63, 3.8) is 0 Å². The van der Waals surface area contributed by atoms with Gasteiger partial charge in [0.2, 0.25) is 5.91 Å². The van der Waals surface area contributed by atoms with Gasteiger partial charge in [0, 0.05) is 30.4 Å². The van der Waals surface area contributed by atoms with E-state index in [4.69, 9.17) is 16.3 Å². The summed E-state index contributed by atoms with van der Waals surface area (Å²) in [6.07, 6.45) is -3.80. The number of rotatable bonds is 5. The van der Waals surface area contributed by atoms with Crippen LogP contribution in [0.4, 0.5) is 19.0 Å². The van der Waals surface area contributed by atoms with Crippen molar-refractivity contribution in [3.8, 4) is 11.5 Å². The Hall–Kier alpha value is -3.26. The van der Waals surface area contributed by atoms with Crippen LogP contribution in [0.15, 0.2) is 60.8 Å². The number of alkyl halides is 3. The largest absolute Gasteiger partial charge is 0.457 e. The highest BCUT2D eigenvalue weighted by molar-refractivity contribution is 6.32. The lowest BCUT2D eigenvalue weighted by Gasteiger charge is -2.27. The standard InChI is InChI=1S/C22H17ClF3N3O2/c23-16-11-13(22(24,25)26)12-29-20(16)27-9-10-28-21(30)19-14-5-1-3-7-17(14)31-18-8-4-2-6-15(18)19/h1-8,11-12,19H,9-10H2,(H,27,29)(H,28,30). The maximum Gasteiger partial charge on any atom is 0.417 e. The fourth-order valence-electron chi connectivity index (χ4n) is 3.38. The van der Waals surface area contributed by atoms with E-state index in [0.717, 1.165) is 17.2 Å². The molecule has 0 bridgehead atoms. The zero-order valence-corrected chi connectivity index (χ0v) is 16.8. The lowest BCUT2D eigenvalue weighted by molar-refractivity contribution is -0.137. The number of para-hydroxylation sites is 2. The summed E-state index contributed by atoms with van der Waals surface area (Å²) < 4.78 is 44.0. The van der Waals surface area contributed by atoms with Crippen LogP contribution in [-0.2, 0) is 11.0 Å². The molecule has 0 radical (unpaired) electrons. The molecule has 0 aliphatic carbocycles. The first-order valence-corrected chi connectivity index (χ1v) is 9.82. The zero-order chi connectivity index (χ0) is 22.0. The van der Waals surface area contributed by atoms with Gasteiger partial charge in [0.15, 0.2) is 0 Å². The number of pyridine rings is 1. The van der Waals surface area contributed by atoms with Crippen molar-refractivity contribution in [2.75, 3.05) is 18.4 Å². The molecule has 2 N–H and O–H groups in total. The van der Waals surface area contributed by atoms with E-state index < -0.39 is 17.7 Å². The third kappa shape index (κ3) is 4.44. The van der Waals surface area contributed by atoms with Gasteiger partial charge in [-0.05, 0) is 18.2 Å². The molecule has 31 heavy (non-hydrogen) atoms. The van der Waals surface area contributed by atoms with E-state index in [1.54, 1.807) is 0 Å². The first-order chi connectivity index (χ1) is 14.8. The highest BCUT2D eigenvalue weighted by Crippen LogP contribution is 2.43. The second-order valence-corrected chi connectivity index (χ2v) is 7.29. The van der Waals surface area contributed by atoms with Crippen LogP contribution >= 0.6 is 11.6 Å². The van der Waals surface area contributed by atoms with E-state index >= 15 is 0 Å². The molecule has 1 amide bonds. The number of ether oxygens (including phenoxy) is 1. The number of carbonyl (C=O) groups is 1. The Kier molecular flexibility index (Phi) is 5.73. The molecule has 4 rings (SSSR count). The minimum atomic E-state index is -4.51. The van der Waals surface area contributed by atoms with Gasteiger partial charge in [0.25, 0.3) is 0 Å². The van der Waals surface area contributed by atoms with Crippen LogP contribution in [0.5, 0.6) is 11.5 Å². The molecule has 3 aromatic rings. The van der Waals surface area contributed by atoms with Crippen molar-refractivity contribution >= 4 is 23.3 Å². The van der Waals surface area contributed by atoms with E-state index in [1.807, 2.05) is 48.5 Å². The molecule has 160 valence electrons. The second kappa shape index (κ2) is 8.47. The summed E-state index contributed by atoms with van der Waals surface area (Å²) >= 11 is 5.88. The van der Waals surface area contributed by atoms with Crippen LogP contribution < -0.4 is 15.4 Å². The van der Waals surface area contributed by atoms with Crippen LogP contribution in [-0.4, -0.2) is 24.0 Å². The fraction of sp³-hybridized carbons (Fsp3) is 0.182. The minimum Gasteiger partial charge on any atom is -0.457 e.